The van der Waals surface area contributed by atoms with Crippen LogP contribution in [0, 0.1) is 11.3 Å². The van der Waals surface area contributed by atoms with Gasteiger partial charge in [0.05, 0.1) is 19.3 Å². The highest BCUT2D eigenvalue weighted by Crippen LogP contribution is 2.19. The van der Waals surface area contributed by atoms with Crippen LogP contribution in [-0.4, -0.2) is 73.4 Å². The quantitative estimate of drug-likeness (QED) is 0.794. The van der Waals surface area contributed by atoms with E-state index in [1.165, 1.54) is 6.42 Å². The fourth-order valence-electron chi connectivity index (χ4n) is 3.44. The molecule has 2 atom stereocenters. The number of nitrogens with one attached hydrogen (secondary N) is 1. The number of hydrogen-bond donors (Lipinski definition) is 1. The summed E-state index contributed by atoms with van der Waals surface area (Å²) in [6.45, 7) is 13.4. The maximum Gasteiger partial charge on any atom is 0.105 e. The average Bonchev–Trinajstić information content (AvgIpc) is 2.94. The van der Waals surface area contributed by atoms with Crippen molar-refractivity contribution in [3.05, 3.63) is 0 Å². The van der Waals surface area contributed by atoms with E-state index in [-0.39, 0.29) is 0 Å². The SMILES string of the molecule is CC(C)NC(C)(C#N)CCN1CCC(N2CCOCC2)C1. The van der Waals surface area contributed by atoms with Gasteiger partial charge in [0.1, 0.15) is 5.54 Å². The topological polar surface area (TPSA) is 51.5 Å². The fraction of sp³-hybridized carbons (Fsp3) is 0.938. The van der Waals surface area contributed by atoms with E-state index in [9.17, 15) is 5.26 Å². The summed E-state index contributed by atoms with van der Waals surface area (Å²) >= 11 is 0. The molecule has 5 heteroatoms. The molecule has 5 nitrogen and oxygen atoms in total. The van der Waals surface area contributed by atoms with Crippen LogP contribution in [0.25, 0.3) is 0 Å². The molecule has 0 aliphatic carbocycles. The second kappa shape index (κ2) is 7.55. The number of nitrogens with zero attached hydrogens (tertiary/aromatic N) is 3. The molecule has 2 aliphatic rings. The summed E-state index contributed by atoms with van der Waals surface area (Å²) in [5.41, 5.74) is -0.411. The van der Waals surface area contributed by atoms with Crippen LogP contribution in [0.5, 0.6) is 0 Å². The standard InChI is InChI=1S/C16H30N4O/c1-14(2)18-16(3,13-17)5-7-19-6-4-15(12-19)20-8-10-21-11-9-20/h14-15,18H,4-12H2,1-3H3. The Morgan fingerprint density at radius 3 is 2.67 bits per heavy atom. The van der Waals surface area contributed by atoms with Crippen molar-refractivity contribution < 1.29 is 4.74 Å². The lowest BCUT2D eigenvalue weighted by molar-refractivity contribution is 0.0184. The van der Waals surface area contributed by atoms with Gasteiger partial charge < -0.3 is 9.64 Å². The van der Waals surface area contributed by atoms with E-state index in [0.717, 1.165) is 52.4 Å². The van der Waals surface area contributed by atoms with Crippen LogP contribution in [0.2, 0.25) is 0 Å². The number of hydrogen-bond acceptors (Lipinski definition) is 5. The second-order valence-corrected chi connectivity index (χ2v) is 6.88. The summed E-state index contributed by atoms with van der Waals surface area (Å²) in [4.78, 5) is 5.08. The fourth-order valence-corrected chi connectivity index (χ4v) is 3.44. The highest BCUT2D eigenvalue weighted by molar-refractivity contribution is 5.05. The average molecular weight is 294 g/mol. The summed E-state index contributed by atoms with van der Waals surface area (Å²) in [6, 6.07) is 3.47. The molecule has 0 radical (unpaired) electrons. The van der Waals surface area contributed by atoms with E-state index in [1.807, 2.05) is 6.92 Å². The van der Waals surface area contributed by atoms with E-state index in [1.54, 1.807) is 0 Å². The molecule has 0 bridgehead atoms. The second-order valence-electron chi connectivity index (χ2n) is 6.88. The van der Waals surface area contributed by atoms with Crippen LogP contribution in [0.15, 0.2) is 0 Å². The van der Waals surface area contributed by atoms with Crippen molar-refractivity contribution in [1.82, 2.24) is 15.1 Å². The van der Waals surface area contributed by atoms with E-state index < -0.39 is 5.54 Å². The molecule has 21 heavy (non-hydrogen) atoms. The van der Waals surface area contributed by atoms with Crippen molar-refractivity contribution in [3.63, 3.8) is 0 Å². The number of likely N-dealkylation sites (tertiary alicyclic amines) is 1. The van der Waals surface area contributed by atoms with Gasteiger partial charge in [-0.3, -0.25) is 10.2 Å². The highest BCUT2D eigenvalue weighted by Gasteiger charge is 2.31. The molecular formula is C16H30N4O. The minimum Gasteiger partial charge on any atom is -0.379 e. The van der Waals surface area contributed by atoms with Gasteiger partial charge >= 0.3 is 0 Å². The Morgan fingerprint density at radius 1 is 1.33 bits per heavy atom. The Hall–Kier alpha value is -0.670. The zero-order chi connectivity index (χ0) is 15.3. The highest BCUT2D eigenvalue weighted by atomic mass is 16.5. The minimum absolute atomic E-state index is 0.342. The van der Waals surface area contributed by atoms with E-state index in [4.69, 9.17) is 4.74 Å². The molecule has 2 fully saturated rings. The van der Waals surface area contributed by atoms with Gasteiger partial charge in [0.25, 0.3) is 0 Å². The Bertz CT molecular complexity index is 362. The largest absolute Gasteiger partial charge is 0.379 e. The van der Waals surface area contributed by atoms with Gasteiger partial charge in [0.2, 0.25) is 0 Å². The van der Waals surface area contributed by atoms with Gasteiger partial charge in [-0.1, -0.05) is 0 Å². The van der Waals surface area contributed by atoms with E-state index >= 15 is 0 Å². The maximum absolute atomic E-state index is 9.41. The molecule has 0 aromatic heterocycles. The molecule has 2 heterocycles. The summed E-state index contributed by atoms with van der Waals surface area (Å²) in [7, 11) is 0. The first-order chi connectivity index (χ1) is 10.0. The van der Waals surface area contributed by atoms with E-state index in [2.05, 4.69) is 35.0 Å². The predicted octanol–water partition coefficient (Wildman–Crippen LogP) is 1.06. The first-order valence-corrected chi connectivity index (χ1v) is 8.25. The number of rotatable bonds is 6. The zero-order valence-corrected chi connectivity index (χ0v) is 13.8. The third-order valence-corrected chi connectivity index (χ3v) is 4.59. The molecule has 0 saturated carbocycles. The van der Waals surface area contributed by atoms with Crippen molar-refractivity contribution in [2.24, 2.45) is 0 Å². The molecule has 0 aromatic carbocycles. The zero-order valence-electron chi connectivity index (χ0n) is 13.8. The van der Waals surface area contributed by atoms with Crippen molar-refractivity contribution in [1.29, 1.82) is 5.26 Å². The number of nitriles is 1. The smallest absolute Gasteiger partial charge is 0.105 e. The third kappa shape index (κ3) is 4.93. The van der Waals surface area contributed by atoms with Crippen molar-refractivity contribution in [3.8, 4) is 6.07 Å². The van der Waals surface area contributed by atoms with Crippen molar-refractivity contribution in [2.75, 3.05) is 45.9 Å². The molecule has 120 valence electrons. The van der Waals surface area contributed by atoms with Crippen molar-refractivity contribution in [2.45, 2.75) is 51.2 Å². The third-order valence-electron chi connectivity index (χ3n) is 4.59. The molecule has 0 amide bonds. The minimum atomic E-state index is -0.411. The summed E-state index contributed by atoms with van der Waals surface area (Å²) in [6.07, 6.45) is 2.14. The summed E-state index contributed by atoms with van der Waals surface area (Å²) < 4.78 is 5.43. The van der Waals surface area contributed by atoms with E-state index in [0.29, 0.717) is 12.1 Å². The Labute approximate surface area is 129 Å². The van der Waals surface area contributed by atoms with Crippen LogP contribution < -0.4 is 5.32 Å². The Kier molecular flexibility index (Phi) is 6.00. The first kappa shape index (κ1) is 16.7. The molecule has 2 unspecified atom stereocenters. The lowest BCUT2D eigenvalue weighted by Crippen LogP contribution is -2.47. The predicted molar refractivity (Wildman–Crippen MR) is 84.1 cm³/mol. The molecule has 2 aliphatic heterocycles. The summed E-state index contributed by atoms with van der Waals surface area (Å²) in [5.74, 6) is 0. The molecule has 2 saturated heterocycles. The lowest BCUT2D eigenvalue weighted by atomic mass is 9.98. The number of ether oxygens (including phenoxy) is 1. The molecule has 0 aromatic rings. The van der Waals surface area contributed by atoms with Gasteiger partial charge in [-0.05, 0) is 40.2 Å². The Balaban J connectivity index is 1.76. The maximum atomic E-state index is 9.41. The van der Waals surface area contributed by atoms with Gasteiger partial charge in [-0.2, -0.15) is 5.26 Å². The van der Waals surface area contributed by atoms with Crippen molar-refractivity contribution >= 4 is 0 Å². The first-order valence-electron chi connectivity index (χ1n) is 8.25. The van der Waals surface area contributed by atoms with Crippen LogP contribution in [0.1, 0.15) is 33.6 Å². The number of morpholine rings is 1. The van der Waals surface area contributed by atoms with Gasteiger partial charge in [-0.25, -0.2) is 0 Å². The lowest BCUT2D eigenvalue weighted by Gasteiger charge is -2.32. The molecular weight excluding hydrogens is 264 g/mol. The van der Waals surface area contributed by atoms with Gasteiger partial charge in [0, 0.05) is 38.3 Å². The van der Waals surface area contributed by atoms with Crippen LogP contribution >= 0.6 is 0 Å². The molecule has 2 rings (SSSR count). The van der Waals surface area contributed by atoms with Gasteiger partial charge in [0.15, 0.2) is 0 Å². The van der Waals surface area contributed by atoms with Crippen LogP contribution in [0.3, 0.4) is 0 Å². The van der Waals surface area contributed by atoms with Gasteiger partial charge in [-0.15, -0.1) is 0 Å². The molecule has 1 N–H and O–H groups in total. The normalized spacial score (nSPS) is 27.7. The Morgan fingerprint density at radius 2 is 2.05 bits per heavy atom. The van der Waals surface area contributed by atoms with Crippen LogP contribution in [0.4, 0.5) is 0 Å². The summed E-state index contributed by atoms with van der Waals surface area (Å²) in [5, 5.41) is 12.8. The molecule has 0 spiro atoms. The monoisotopic (exact) mass is 294 g/mol. The van der Waals surface area contributed by atoms with Crippen LogP contribution in [-0.2, 0) is 4.74 Å².